The summed E-state index contributed by atoms with van der Waals surface area (Å²) in [7, 11) is 0. The van der Waals surface area contributed by atoms with Crippen LogP contribution in [-0.2, 0) is 0 Å². The summed E-state index contributed by atoms with van der Waals surface area (Å²) in [6.45, 7) is 18.1. The molecule has 1 aliphatic rings. The standard InChI is InChI=1S/C21H45N5.HI/c1-5-8-9-10-13-20(4)24-21(22-6-2)23-14-11-12-15-26-18-16-25(7-3)17-19-26;/h20H,5-19H2,1-4H3,(H2,22,23,24);1H. The summed E-state index contributed by atoms with van der Waals surface area (Å²) in [5, 5.41) is 6.96. The molecule has 0 radical (unpaired) electrons. The number of halogens is 1. The van der Waals surface area contributed by atoms with Crippen LogP contribution in [-0.4, -0.2) is 74.2 Å². The van der Waals surface area contributed by atoms with Gasteiger partial charge in [0.25, 0.3) is 0 Å². The van der Waals surface area contributed by atoms with Gasteiger partial charge >= 0.3 is 0 Å². The molecule has 2 N–H and O–H groups in total. The molecule has 0 saturated carbocycles. The first kappa shape index (κ1) is 26.9. The minimum Gasteiger partial charge on any atom is -0.357 e. The Morgan fingerprint density at radius 2 is 1.63 bits per heavy atom. The summed E-state index contributed by atoms with van der Waals surface area (Å²) in [6, 6.07) is 0.500. The predicted octanol–water partition coefficient (Wildman–Crippen LogP) is 3.94. The van der Waals surface area contributed by atoms with E-state index in [-0.39, 0.29) is 24.0 Å². The third-order valence-corrected chi connectivity index (χ3v) is 5.28. The van der Waals surface area contributed by atoms with Crippen LogP contribution >= 0.6 is 24.0 Å². The fourth-order valence-corrected chi connectivity index (χ4v) is 3.47. The van der Waals surface area contributed by atoms with Crippen LogP contribution in [0.25, 0.3) is 0 Å². The third-order valence-electron chi connectivity index (χ3n) is 5.28. The van der Waals surface area contributed by atoms with Gasteiger partial charge in [0.15, 0.2) is 5.96 Å². The minimum atomic E-state index is 0. The Balaban J connectivity index is 0.00000676. The average molecular weight is 496 g/mol. The van der Waals surface area contributed by atoms with E-state index in [9.17, 15) is 0 Å². The topological polar surface area (TPSA) is 42.9 Å². The molecule has 5 nitrogen and oxygen atoms in total. The molecule has 0 amide bonds. The molecule has 0 aromatic carbocycles. The Morgan fingerprint density at radius 1 is 0.926 bits per heavy atom. The van der Waals surface area contributed by atoms with Gasteiger partial charge < -0.3 is 20.4 Å². The molecule has 1 unspecified atom stereocenters. The van der Waals surface area contributed by atoms with E-state index in [1.54, 1.807) is 0 Å². The van der Waals surface area contributed by atoms with Crippen molar-refractivity contribution in [3.63, 3.8) is 0 Å². The van der Waals surface area contributed by atoms with E-state index < -0.39 is 0 Å². The summed E-state index contributed by atoms with van der Waals surface area (Å²) in [4.78, 5) is 9.92. The van der Waals surface area contributed by atoms with Crippen LogP contribution in [0.2, 0.25) is 0 Å². The van der Waals surface area contributed by atoms with Crippen molar-refractivity contribution in [1.29, 1.82) is 0 Å². The lowest BCUT2D eigenvalue weighted by Gasteiger charge is -2.33. The number of likely N-dealkylation sites (N-methyl/N-ethyl adjacent to an activating group) is 1. The van der Waals surface area contributed by atoms with Crippen molar-refractivity contribution in [2.45, 2.75) is 78.7 Å². The fourth-order valence-electron chi connectivity index (χ4n) is 3.47. The van der Waals surface area contributed by atoms with E-state index in [0.717, 1.165) is 19.0 Å². The van der Waals surface area contributed by atoms with Crippen molar-refractivity contribution in [3.05, 3.63) is 0 Å². The molecule has 1 atom stereocenters. The number of unbranched alkanes of at least 4 members (excludes halogenated alkanes) is 4. The highest BCUT2D eigenvalue weighted by molar-refractivity contribution is 14.0. The maximum absolute atomic E-state index is 4.77. The van der Waals surface area contributed by atoms with Crippen LogP contribution in [0.3, 0.4) is 0 Å². The highest BCUT2D eigenvalue weighted by Crippen LogP contribution is 2.05. The molecule has 1 fully saturated rings. The number of nitrogens with zero attached hydrogens (tertiary/aromatic N) is 3. The van der Waals surface area contributed by atoms with Crippen LogP contribution in [0.4, 0.5) is 0 Å². The van der Waals surface area contributed by atoms with Crippen molar-refractivity contribution < 1.29 is 0 Å². The van der Waals surface area contributed by atoms with Gasteiger partial charge in [0.1, 0.15) is 0 Å². The molecule has 1 heterocycles. The van der Waals surface area contributed by atoms with Gasteiger partial charge in [-0.05, 0) is 46.2 Å². The highest BCUT2D eigenvalue weighted by Gasteiger charge is 2.14. The van der Waals surface area contributed by atoms with Crippen molar-refractivity contribution in [3.8, 4) is 0 Å². The lowest BCUT2D eigenvalue weighted by molar-refractivity contribution is 0.136. The van der Waals surface area contributed by atoms with E-state index in [1.165, 1.54) is 84.2 Å². The van der Waals surface area contributed by atoms with Crippen LogP contribution in [0, 0.1) is 0 Å². The Hall–Kier alpha value is -0.0800. The van der Waals surface area contributed by atoms with E-state index >= 15 is 0 Å². The molecule has 0 aliphatic carbocycles. The summed E-state index contributed by atoms with van der Waals surface area (Å²) < 4.78 is 0. The maximum Gasteiger partial charge on any atom is 0.191 e. The van der Waals surface area contributed by atoms with E-state index in [4.69, 9.17) is 4.99 Å². The van der Waals surface area contributed by atoms with Gasteiger partial charge in [0, 0.05) is 45.3 Å². The number of aliphatic imine (C=N–C) groups is 1. The Labute approximate surface area is 186 Å². The Bertz CT molecular complexity index is 356. The molecule has 27 heavy (non-hydrogen) atoms. The lowest BCUT2D eigenvalue weighted by atomic mass is 10.1. The Kier molecular flexibility index (Phi) is 17.9. The molecular formula is C21H46IN5. The second-order valence-corrected chi connectivity index (χ2v) is 7.64. The van der Waals surface area contributed by atoms with Gasteiger partial charge in [0.2, 0.25) is 0 Å². The van der Waals surface area contributed by atoms with Gasteiger partial charge in [-0.15, -0.1) is 24.0 Å². The summed E-state index contributed by atoms with van der Waals surface area (Å²) in [6.07, 6.45) is 8.98. The largest absolute Gasteiger partial charge is 0.357 e. The molecule has 0 aromatic heterocycles. The van der Waals surface area contributed by atoms with Gasteiger partial charge in [-0.3, -0.25) is 4.99 Å². The zero-order valence-corrected chi connectivity index (χ0v) is 20.8. The second-order valence-electron chi connectivity index (χ2n) is 7.64. The van der Waals surface area contributed by atoms with Crippen LogP contribution in [0.15, 0.2) is 4.99 Å². The van der Waals surface area contributed by atoms with Crippen molar-refractivity contribution in [2.24, 2.45) is 4.99 Å². The summed E-state index contributed by atoms with van der Waals surface area (Å²) >= 11 is 0. The number of piperazine rings is 1. The smallest absolute Gasteiger partial charge is 0.191 e. The maximum atomic E-state index is 4.77. The Morgan fingerprint density at radius 3 is 2.26 bits per heavy atom. The molecule has 6 heteroatoms. The zero-order chi connectivity index (χ0) is 19.0. The van der Waals surface area contributed by atoms with Crippen molar-refractivity contribution >= 4 is 29.9 Å². The minimum absolute atomic E-state index is 0. The predicted molar refractivity (Wildman–Crippen MR) is 131 cm³/mol. The average Bonchev–Trinajstić information content (AvgIpc) is 2.65. The monoisotopic (exact) mass is 495 g/mol. The number of nitrogens with one attached hydrogen (secondary N) is 2. The fraction of sp³-hybridized carbons (Fsp3) is 0.952. The molecule has 162 valence electrons. The van der Waals surface area contributed by atoms with E-state index in [0.29, 0.717) is 6.04 Å². The van der Waals surface area contributed by atoms with E-state index in [2.05, 4.69) is 48.1 Å². The zero-order valence-electron chi connectivity index (χ0n) is 18.4. The third kappa shape index (κ3) is 13.7. The van der Waals surface area contributed by atoms with Crippen LogP contribution < -0.4 is 10.6 Å². The van der Waals surface area contributed by atoms with Gasteiger partial charge in [-0.1, -0.05) is 39.5 Å². The second kappa shape index (κ2) is 18.0. The first-order chi connectivity index (χ1) is 12.7. The first-order valence-corrected chi connectivity index (χ1v) is 11.2. The van der Waals surface area contributed by atoms with E-state index in [1.807, 2.05) is 0 Å². The molecule has 0 aromatic rings. The van der Waals surface area contributed by atoms with Crippen molar-refractivity contribution in [1.82, 2.24) is 20.4 Å². The molecule has 1 aliphatic heterocycles. The lowest BCUT2D eigenvalue weighted by Crippen LogP contribution is -2.46. The van der Waals surface area contributed by atoms with Gasteiger partial charge in [-0.2, -0.15) is 0 Å². The normalized spacial score (nSPS) is 17.4. The van der Waals surface area contributed by atoms with Gasteiger partial charge in [-0.25, -0.2) is 0 Å². The number of guanidine groups is 1. The van der Waals surface area contributed by atoms with Crippen LogP contribution in [0.1, 0.15) is 72.6 Å². The molecule has 0 bridgehead atoms. The SMILES string of the molecule is CCCCCCC(C)NC(=NCCCCN1CCN(CC)CC1)NCC.I. The highest BCUT2D eigenvalue weighted by atomic mass is 127. The molecule has 1 rings (SSSR count). The number of rotatable bonds is 13. The summed E-state index contributed by atoms with van der Waals surface area (Å²) in [5.41, 5.74) is 0. The molecular weight excluding hydrogens is 449 g/mol. The molecule has 0 spiro atoms. The van der Waals surface area contributed by atoms with Crippen LogP contribution in [0.5, 0.6) is 0 Å². The number of hydrogen-bond donors (Lipinski definition) is 2. The summed E-state index contributed by atoms with van der Waals surface area (Å²) in [5.74, 6) is 0.993. The van der Waals surface area contributed by atoms with Gasteiger partial charge in [0.05, 0.1) is 0 Å². The first-order valence-electron chi connectivity index (χ1n) is 11.2. The molecule has 1 saturated heterocycles. The quantitative estimate of drug-likeness (QED) is 0.176. The van der Waals surface area contributed by atoms with Crippen molar-refractivity contribution in [2.75, 3.05) is 52.4 Å². The number of hydrogen-bond acceptors (Lipinski definition) is 3.